The van der Waals surface area contributed by atoms with Gasteiger partial charge in [-0.1, -0.05) is 41.6 Å². The molecular weight excluding hydrogens is 440 g/mol. The number of hydrogen-bond donors (Lipinski definition) is 2. The summed E-state index contributed by atoms with van der Waals surface area (Å²) in [4.78, 5) is 12.0. The minimum absolute atomic E-state index is 0.0212. The van der Waals surface area contributed by atoms with Crippen molar-refractivity contribution in [3.05, 3.63) is 59.4 Å². The van der Waals surface area contributed by atoms with E-state index in [1.54, 1.807) is 30.3 Å². The van der Waals surface area contributed by atoms with Gasteiger partial charge in [0, 0.05) is 5.69 Å². The van der Waals surface area contributed by atoms with Crippen molar-refractivity contribution in [2.75, 3.05) is 11.1 Å². The number of ether oxygens (including phenoxy) is 1. The number of benzene rings is 2. The molecule has 0 fully saturated rings. The Kier molecular flexibility index (Phi) is 6.75. The lowest BCUT2D eigenvalue weighted by Crippen LogP contribution is -2.16. The van der Waals surface area contributed by atoms with Crippen LogP contribution in [0.15, 0.2) is 63.1 Å². The summed E-state index contributed by atoms with van der Waals surface area (Å²) in [6.45, 7) is 0.0316. The fourth-order valence-corrected chi connectivity index (χ4v) is 3.46. The van der Waals surface area contributed by atoms with E-state index in [-0.39, 0.29) is 34.3 Å². The lowest BCUT2D eigenvalue weighted by atomic mass is 10.3. The molecule has 0 spiro atoms. The summed E-state index contributed by atoms with van der Waals surface area (Å²) in [5, 5.41) is 16.0. The molecule has 12 heteroatoms. The SMILES string of the molecule is NS(=O)(=O)c1cccc(NC(=O)CSc2nnc(COc3ccccc3Cl)o2)c1. The van der Waals surface area contributed by atoms with Gasteiger partial charge in [-0.2, -0.15) is 0 Å². The topological polar surface area (TPSA) is 137 Å². The van der Waals surface area contributed by atoms with Crippen molar-refractivity contribution in [1.29, 1.82) is 0 Å². The predicted octanol–water partition coefficient (Wildman–Crippen LogP) is 2.68. The van der Waals surface area contributed by atoms with Crippen molar-refractivity contribution in [1.82, 2.24) is 10.2 Å². The zero-order valence-corrected chi connectivity index (χ0v) is 17.1. The first-order valence-corrected chi connectivity index (χ1v) is 11.0. The Balaban J connectivity index is 1.50. The van der Waals surface area contributed by atoms with Gasteiger partial charge in [-0.15, -0.1) is 10.2 Å². The molecule has 0 aliphatic heterocycles. The number of rotatable bonds is 8. The molecule has 0 aliphatic rings. The average molecular weight is 455 g/mol. The molecule has 9 nitrogen and oxygen atoms in total. The number of thioether (sulfide) groups is 1. The predicted molar refractivity (Wildman–Crippen MR) is 107 cm³/mol. The molecule has 0 saturated carbocycles. The second kappa shape index (κ2) is 9.27. The van der Waals surface area contributed by atoms with E-state index in [1.165, 1.54) is 18.2 Å². The summed E-state index contributed by atoms with van der Waals surface area (Å²) in [6.07, 6.45) is 0. The molecule has 0 saturated heterocycles. The van der Waals surface area contributed by atoms with Gasteiger partial charge in [-0.3, -0.25) is 4.79 Å². The smallest absolute Gasteiger partial charge is 0.277 e. The van der Waals surface area contributed by atoms with Crippen molar-refractivity contribution < 1.29 is 22.4 Å². The fourth-order valence-electron chi connectivity index (χ4n) is 2.13. The molecule has 2 aromatic carbocycles. The van der Waals surface area contributed by atoms with Gasteiger partial charge in [0.2, 0.25) is 15.9 Å². The fraction of sp³-hybridized carbons (Fsp3) is 0.118. The van der Waals surface area contributed by atoms with Crippen LogP contribution in [0, 0.1) is 0 Å². The van der Waals surface area contributed by atoms with Gasteiger partial charge in [-0.25, -0.2) is 13.6 Å². The summed E-state index contributed by atoms with van der Waals surface area (Å²) in [7, 11) is -3.85. The molecule has 1 amide bonds. The van der Waals surface area contributed by atoms with Crippen molar-refractivity contribution in [2.24, 2.45) is 5.14 Å². The summed E-state index contributed by atoms with van der Waals surface area (Å²) in [6, 6.07) is 12.6. The monoisotopic (exact) mass is 454 g/mol. The minimum Gasteiger partial charge on any atom is -0.482 e. The Hall–Kier alpha value is -2.60. The highest BCUT2D eigenvalue weighted by Crippen LogP contribution is 2.24. The van der Waals surface area contributed by atoms with Gasteiger partial charge in [-0.05, 0) is 30.3 Å². The molecular formula is C17H15ClN4O5S2. The number of halogens is 1. The molecule has 0 bridgehead atoms. The van der Waals surface area contributed by atoms with Crippen LogP contribution in [0.25, 0.3) is 0 Å². The zero-order valence-electron chi connectivity index (χ0n) is 14.7. The van der Waals surface area contributed by atoms with Crippen LogP contribution in [-0.2, 0) is 21.4 Å². The quantitative estimate of drug-likeness (QED) is 0.495. The van der Waals surface area contributed by atoms with E-state index in [1.807, 2.05) is 0 Å². The number of hydrogen-bond acceptors (Lipinski definition) is 8. The number of primary sulfonamides is 1. The molecule has 3 aromatic rings. The van der Waals surface area contributed by atoms with E-state index in [4.69, 9.17) is 25.9 Å². The maximum Gasteiger partial charge on any atom is 0.277 e. The lowest BCUT2D eigenvalue weighted by molar-refractivity contribution is -0.113. The molecule has 0 radical (unpaired) electrons. The van der Waals surface area contributed by atoms with Crippen LogP contribution in [0.1, 0.15) is 5.89 Å². The maximum atomic E-state index is 12.1. The highest BCUT2D eigenvalue weighted by molar-refractivity contribution is 7.99. The molecule has 29 heavy (non-hydrogen) atoms. The molecule has 1 heterocycles. The highest BCUT2D eigenvalue weighted by atomic mass is 35.5. The lowest BCUT2D eigenvalue weighted by Gasteiger charge is -2.05. The molecule has 1 aromatic heterocycles. The van der Waals surface area contributed by atoms with E-state index in [0.717, 1.165) is 11.8 Å². The normalized spacial score (nSPS) is 11.2. The third-order valence-corrected chi connectivity index (χ3v) is 5.45. The largest absolute Gasteiger partial charge is 0.482 e. The first kappa shape index (κ1) is 21.1. The number of anilines is 1. The number of para-hydroxylation sites is 1. The van der Waals surface area contributed by atoms with Crippen molar-refractivity contribution in [2.45, 2.75) is 16.7 Å². The van der Waals surface area contributed by atoms with Crippen LogP contribution in [0.5, 0.6) is 5.75 Å². The summed E-state index contributed by atoms with van der Waals surface area (Å²) in [5.74, 6) is 0.317. The standard InChI is InChI=1S/C17H15ClN4O5S2/c18-13-6-1-2-7-14(13)26-9-16-21-22-17(27-16)28-10-15(23)20-11-4-3-5-12(8-11)29(19,24)25/h1-8H,9-10H2,(H,20,23)(H2,19,24,25). The summed E-state index contributed by atoms with van der Waals surface area (Å²) < 4.78 is 33.6. The van der Waals surface area contributed by atoms with E-state index in [9.17, 15) is 13.2 Å². The number of sulfonamides is 1. The van der Waals surface area contributed by atoms with Crippen molar-refractivity contribution in [3.63, 3.8) is 0 Å². The second-order valence-electron chi connectivity index (χ2n) is 5.59. The maximum absolute atomic E-state index is 12.1. The number of nitrogens with two attached hydrogens (primary N) is 1. The summed E-state index contributed by atoms with van der Waals surface area (Å²) in [5.41, 5.74) is 0.307. The van der Waals surface area contributed by atoms with Crippen LogP contribution in [0.2, 0.25) is 5.02 Å². The Morgan fingerprint density at radius 2 is 2.00 bits per heavy atom. The van der Waals surface area contributed by atoms with Crippen LogP contribution in [0.3, 0.4) is 0 Å². The van der Waals surface area contributed by atoms with Gasteiger partial charge >= 0.3 is 0 Å². The molecule has 3 N–H and O–H groups in total. The minimum atomic E-state index is -3.85. The third-order valence-electron chi connectivity index (χ3n) is 3.41. The number of amides is 1. The molecule has 0 aliphatic carbocycles. The van der Waals surface area contributed by atoms with Gasteiger partial charge in [0.15, 0.2) is 6.61 Å². The van der Waals surface area contributed by atoms with Crippen LogP contribution in [-0.4, -0.2) is 30.3 Å². The molecule has 152 valence electrons. The van der Waals surface area contributed by atoms with Gasteiger partial charge in [0.25, 0.3) is 11.1 Å². The summed E-state index contributed by atoms with van der Waals surface area (Å²) >= 11 is 7.03. The first-order chi connectivity index (χ1) is 13.8. The Bertz CT molecular complexity index is 1120. The van der Waals surface area contributed by atoms with Crippen LogP contribution in [0.4, 0.5) is 5.69 Å². The van der Waals surface area contributed by atoms with E-state index < -0.39 is 10.0 Å². The number of nitrogens with one attached hydrogen (secondary N) is 1. The average Bonchev–Trinajstić information content (AvgIpc) is 3.13. The van der Waals surface area contributed by atoms with E-state index in [2.05, 4.69) is 15.5 Å². The van der Waals surface area contributed by atoms with Crippen LogP contribution >= 0.6 is 23.4 Å². The zero-order chi connectivity index (χ0) is 20.9. The number of nitrogens with zero attached hydrogens (tertiary/aromatic N) is 2. The Labute approximate surface area is 175 Å². The number of carbonyl (C=O) groups excluding carboxylic acids is 1. The molecule has 3 rings (SSSR count). The number of carbonyl (C=O) groups is 1. The number of aromatic nitrogens is 2. The first-order valence-electron chi connectivity index (χ1n) is 8.06. The van der Waals surface area contributed by atoms with Gasteiger partial charge < -0.3 is 14.5 Å². The third kappa shape index (κ3) is 6.19. The van der Waals surface area contributed by atoms with Gasteiger partial charge in [0.05, 0.1) is 15.7 Å². The molecule has 0 unspecified atom stereocenters. The Morgan fingerprint density at radius 1 is 1.21 bits per heavy atom. The van der Waals surface area contributed by atoms with E-state index >= 15 is 0 Å². The van der Waals surface area contributed by atoms with Crippen LogP contribution < -0.4 is 15.2 Å². The van der Waals surface area contributed by atoms with Crippen molar-refractivity contribution >= 4 is 45.0 Å². The van der Waals surface area contributed by atoms with Gasteiger partial charge in [0.1, 0.15) is 5.75 Å². The van der Waals surface area contributed by atoms with E-state index in [0.29, 0.717) is 16.5 Å². The second-order valence-corrected chi connectivity index (χ2v) is 8.49. The molecule has 0 atom stereocenters. The Morgan fingerprint density at radius 3 is 2.76 bits per heavy atom. The van der Waals surface area contributed by atoms with Crippen molar-refractivity contribution in [3.8, 4) is 5.75 Å². The highest BCUT2D eigenvalue weighted by Gasteiger charge is 2.13.